The van der Waals surface area contributed by atoms with Crippen molar-refractivity contribution in [2.75, 3.05) is 27.8 Å². The summed E-state index contributed by atoms with van der Waals surface area (Å²) in [4.78, 5) is 44.9. The molecule has 4 fully saturated rings. The monoisotopic (exact) mass is 700 g/mol. The second-order valence-electron chi connectivity index (χ2n) is 14.8. The number of aromatic nitrogens is 1. The van der Waals surface area contributed by atoms with E-state index in [4.69, 9.17) is 9.47 Å². The Hall–Kier alpha value is -4.16. The molecule has 50 heavy (non-hydrogen) atoms. The van der Waals surface area contributed by atoms with Crippen molar-refractivity contribution in [3.8, 4) is 17.0 Å². The normalized spacial score (nSPS) is 26.3. The molecular weight excluding hydrogens is 657 g/mol. The van der Waals surface area contributed by atoms with Gasteiger partial charge in [-0.25, -0.2) is 13.1 Å². The number of sulfonamides is 1. The van der Waals surface area contributed by atoms with E-state index in [0.717, 1.165) is 72.8 Å². The predicted molar refractivity (Wildman–Crippen MR) is 188 cm³/mol. The number of hydrogen-bond donors (Lipinski definition) is 1. The molecule has 3 aliphatic carbocycles. The van der Waals surface area contributed by atoms with E-state index in [1.807, 2.05) is 43.3 Å². The Labute approximate surface area is 292 Å². The lowest BCUT2D eigenvalue weighted by molar-refractivity contribution is -0.141. The van der Waals surface area contributed by atoms with E-state index < -0.39 is 32.1 Å². The second-order valence-corrected chi connectivity index (χ2v) is 16.8. The minimum atomic E-state index is -4.34. The van der Waals surface area contributed by atoms with Crippen LogP contribution in [0.4, 0.5) is 0 Å². The zero-order valence-electron chi connectivity index (χ0n) is 29.0. The van der Waals surface area contributed by atoms with Crippen LogP contribution >= 0.6 is 0 Å². The first-order chi connectivity index (χ1) is 24.0. The van der Waals surface area contributed by atoms with E-state index in [0.29, 0.717) is 18.9 Å². The molecule has 2 amide bonds. The molecule has 11 nitrogen and oxygen atoms in total. The van der Waals surface area contributed by atoms with Gasteiger partial charge in [0.1, 0.15) is 11.9 Å². The Bertz CT molecular complexity index is 2080. The van der Waals surface area contributed by atoms with Crippen molar-refractivity contribution in [3.63, 3.8) is 0 Å². The van der Waals surface area contributed by atoms with Gasteiger partial charge in [-0.05, 0) is 93.5 Å². The van der Waals surface area contributed by atoms with Gasteiger partial charge in [-0.15, -0.1) is 0 Å². The quantitative estimate of drug-likeness (QED) is 0.237. The summed E-state index contributed by atoms with van der Waals surface area (Å²) in [6.45, 7) is 3.16. The van der Waals surface area contributed by atoms with E-state index in [-0.39, 0.29) is 36.4 Å². The largest absolute Gasteiger partial charge is 0.497 e. The van der Waals surface area contributed by atoms with Crippen LogP contribution in [0.1, 0.15) is 91.6 Å². The van der Waals surface area contributed by atoms with Crippen molar-refractivity contribution >= 4 is 38.7 Å². The molecule has 5 aliphatic rings. The SMILES string of the molecule is C/C=C/N(C(=O)C12CC1c1cc(OC)ccc1-c1c(C3CCCCC3)c3ccc(C(=O)NS(=O)(=O)C4(C(=O)OC)CC4)cc3n1C2)C1CN1C. The van der Waals surface area contributed by atoms with Crippen LogP contribution < -0.4 is 9.46 Å². The molecule has 0 bridgehead atoms. The molecule has 8 rings (SSSR count). The van der Waals surface area contributed by atoms with Gasteiger partial charge >= 0.3 is 5.97 Å². The lowest BCUT2D eigenvalue weighted by Gasteiger charge is -2.26. The third-order valence-corrected chi connectivity index (χ3v) is 14.0. The topological polar surface area (TPSA) is 127 Å². The minimum Gasteiger partial charge on any atom is -0.497 e. The van der Waals surface area contributed by atoms with Crippen LogP contribution in [0.15, 0.2) is 48.7 Å². The average molecular weight is 701 g/mol. The number of allylic oxidation sites excluding steroid dienone is 1. The Kier molecular flexibility index (Phi) is 7.72. The van der Waals surface area contributed by atoms with Crippen LogP contribution in [0, 0.1) is 5.41 Å². The maximum atomic E-state index is 14.8. The first-order valence-corrected chi connectivity index (χ1v) is 19.1. The summed E-state index contributed by atoms with van der Waals surface area (Å²) < 4.78 is 39.8. The number of hydrogen-bond acceptors (Lipinski definition) is 8. The van der Waals surface area contributed by atoms with Gasteiger partial charge in [0.05, 0.1) is 25.3 Å². The third kappa shape index (κ3) is 4.92. The number of benzene rings is 2. The zero-order chi connectivity index (χ0) is 35.2. The summed E-state index contributed by atoms with van der Waals surface area (Å²) in [6, 6.07) is 11.6. The second kappa shape index (κ2) is 11.7. The number of amides is 2. The number of nitrogens with zero attached hydrogens (tertiary/aromatic N) is 3. The van der Waals surface area contributed by atoms with Gasteiger partial charge in [0.2, 0.25) is 5.91 Å². The summed E-state index contributed by atoms with van der Waals surface area (Å²) in [5.74, 6) is -0.565. The Morgan fingerprint density at radius 2 is 1.78 bits per heavy atom. The molecule has 4 unspecified atom stereocenters. The summed E-state index contributed by atoms with van der Waals surface area (Å²) in [7, 11) is 0.480. The first-order valence-electron chi connectivity index (χ1n) is 17.7. The molecule has 0 spiro atoms. The molecule has 1 aromatic heterocycles. The van der Waals surface area contributed by atoms with Crippen LogP contribution in [0.2, 0.25) is 0 Å². The van der Waals surface area contributed by atoms with Crippen molar-refractivity contribution in [1.82, 2.24) is 19.1 Å². The molecule has 3 saturated carbocycles. The van der Waals surface area contributed by atoms with Gasteiger partial charge in [0.25, 0.3) is 15.9 Å². The van der Waals surface area contributed by atoms with Crippen molar-refractivity contribution in [2.45, 2.75) is 87.6 Å². The third-order valence-electron chi connectivity index (χ3n) is 11.9. The minimum absolute atomic E-state index is 0.0121. The number of nitrogens with one attached hydrogen (secondary N) is 1. The van der Waals surface area contributed by atoms with Gasteiger partial charge in [0, 0.05) is 47.2 Å². The standard InChI is InChI=1S/C38H44N4O7S/c1-5-17-41(31-21-40(31)2)35(44)37-20-29(37)28-19-25(48-3)12-14-26(28)33-32(23-9-7-6-8-10-23)27-13-11-24(18-30(27)42(33)22-37)34(43)39-50(46,47)38(15-16-38)36(45)49-4/h5,11-14,17-19,23,29,31H,6-10,15-16,20-22H2,1-4H3,(H,39,43)/b17-5+. The molecule has 1 saturated heterocycles. The maximum absolute atomic E-state index is 14.8. The van der Waals surface area contributed by atoms with Gasteiger partial charge < -0.3 is 18.9 Å². The van der Waals surface area contributed by atoms with Crippen LogP contribution in [0.25, 0.3) is 22.2 Å². The lowest BCUT2D eigenvalue weighted by Crippen LogP contribution is -2.44. The molecule has 264 valence electrons. The number of ether oxygens (including phenoxy) is 2. The van der Waals surface area contributed by atoms with Crippen LogP contribution in [0.3, 0.4) is 0 Å². The molecular formula is C38H44N4O7S. The Balaban J connectivity index is 1.30. The predicted octanol–water partition coefficient (Wildman–Crippen LogP) is 5.25. The van der Waals surface area contributed by atoms with Crippen LogP contribution in [-0.4, -0.2) is 79.3 Å². The molecule has 0 radical (unpaired) electrons. The molecule has 12 heteroatoms. The van der Waals surface area contributed by atoms with Crippen molar-refractivity contribution < 1.29 is 32.3 Å². The smallest absolute Gasteiger partial charge is 0.329 e. The summed E-state index contributed by atoms with van der Waals surface area (Å²) in [6.07, 6.45) is 10.2. The fourth-order valence-corrected chi connectivity index (χ4v) is 10.3. The number of methoxy groups -OCH3 is 2. The van der Waals surface area contributed by atoms with Crippen LogP contribution in [-0.2, 0) is 30.9 Å². The van der Waals surface area contributed by atoms with E-state index in [2.05, 4.69) is 26.3 Å². The number of rotatable bonds is 9. The number of esters is 1. The molecule has 4 atom stereocenters. The highest BCUT2D eigenvalue weighted by molar-refractivity contribution is 7.92. The molecule has 3 heterocycles. The van der Waals surface area contributed by atoms with Crippen molar-refractivity contribution in [3.05, 3.63) is 65.4 Å². The lowest BCUT2D eigenvalue weighted by atomic mass is 9.81. The molecule has 1 N–H and O–H groups in total. The van der Waals surface area contributed by atoms with Gasteiger partial charge in [0.15, 0.2) is 4.75 Å². The number of likely N-dealkylation sites (N-methyl/N-ethyl adjacent to an activating group) is 1. The van der Waals surface area contributed by atoms with Crippen molar-refractivity contribution in [1.29, 1.82) is 0 Å². The Morgan fingerprint density at radius 3 is 2.42 bits per heavy atom. The zero-order valence-corrected chi connectivity index (χ0v) is 29.8. The van der Waals surface area contributed by atoms with Crippen LogP contribution in [0.5, 0.6) is 5.75 Å². The Morgan fingerprint density at radius 1 is 1.04 bits per heavy atom. The molecule has 3 aromatic rings. The maximum Gasteiger partial charge on any atom is 0.329 e. The number of carbonyl (C=O) groups is 3. The number of fused-ring (bicyclic) bond motifs is 7. The highest BCUT2D eigenvalue weighted by Gasteiger charge is 2.65. The van der Waals surface area contributed by atoms with Gasteiger partial charge in [-0.1, -0.05) is 31.4 Å². The highest BCUT2D eigenvalue weighted by atomic mass is 32.2. The van der Waals surface area contributed by atoms with E-state index in [9.17, 15) is 22.8 Å². The fourth-order valence-electron chi connectivity index (χ4n) is 8.81. The van der Waals surface area contributed by atoms with E-state index in [1.165, 1.54) is 12.0 Å². The number of carbonyl (C=O) groups excluding carboxylic acids is 3. The summed E-state index contributed by atoms with van der Waals surface area (Å²) in [5.41, 5.74) is 4.71. The highest BCUT2D eigenvalue weighted by Crippen LogP contribution is 2.66. The fraction of sp³-hybridized carbons (Fsp3) is 0.500. The van der Waals surface area contributed by atoms with Crippen molar-refractivity contribution in [2.24, 2.45) is 5.41 Å². The summed E-state index contributed by atoms with van der Waals surface area (Å²) in [5, 5.41) is 1.01. The molecule has 2 aliphatic heterocycles. The molecule has 2 aromatic carbocycles. The van der Waals surface area contributed by atoms with Gasteiger partial charge in [-0.2, -0.15) is 0 Å². The average Bonchev–Trinajstić information content (AvgIpc) is 4.04. The van der Waals surface area contributed by atoms with E-state index in [1.54, 1.807) is 19.2 Å². The summed E-state index contributed by atoms with van der Waals surface area (Å²) >= 11 is 0. The first kappa shape index (κ1) is 33.0. The van der Waals surface area contributed by atoms with Gasteiger partial charge in [-0.3, -0.25) is 19.3 Å². The van der Waals surface area contributed by atoms with E-state index >= 15 is 0 Å².